The number of benzene rings is 8. The lowest BCUT2D eigenvalue weighted by Gasteiger charge is -2.09. The summed E-state index contributed by atoms with van der Waals surface area (Å²) < 4.78 is 36.0. The number of hydrogen-bond acceptors (Lipinski definition) is 7. The van der Waals surface area contributed by atoms with Gasteiger partial charge in [0.05, 0.1) is 37.5 Å². The third-order valence-electron chi connectivity index (χ3n) is 18.3. The molecule has 0 saturated carbocycles. The summed E-state index contributed by atoms with van der Waals surface area (Å²) in [6, 6.07) is 52.3. The van der Waals surface area contributed by atoms with E-state index in [1.165, 1.54) is 61.5 Å². The van der Waals surface area contributed by atoms with Gasteiger partial charge in [-0.2, -0.15) is 0 Å². The summed E-state index contributed by atoms with van der Waals surface area (Å²) in [6.07, 6.45) is 8.68. The van der Waals surface area contributed by atoms with Crippen LogP contribution in [0.15, 0.2) is 214 Å². The van der Waals surface area contributed by atoms with Gasteiger partial charge in [0.2, 0.25) is 0 Å². The molecule has 8 aromatic carbocycles. The lowest BCUT2D eigenvalue weighted by molar-refractivity contribution is 0.408. The highest BCUT2D eigenvalue weighted by atomic mass is 79.9. The Hall–Kier alpha value is -5.51. The highest BCUT2D eigenvalue weighted by Gasteiger charge is 2.15. The standard InChI is InChI=1S/3C10H13Cl.C9H10BrCl.2C9H10Cl2.C9H9ClF2.C9H12.C8H9Cl2N.2C6H9NO.C6H9NS.4CH4/c2*1-7(2)10-6-9(11)5-4-8(10)3;1-7(2)9-5-4-6-10(11)8(9)3;1-6(2)7-3-4-8(10)9(11)5-7;1-6(2)8-5-7(10)3-4-9(8)11;1-6(2)7-4-3-5-8(10)9(7)11;1-5(2)6-3-4-7(11)8(10)9(6)12;1-8(2)9-6-4-3-5-7-9;1-5(2)6-3-7(9)8(10)11-4-6;1-5(2)6-3-7-8-4-6;1-5(2)6-3-4-8-7-6;1-5(2)6-3-7-4-8-6;;;;/h3*4-7H,1-3H3;3*3-6H,1-2H3;3-5H,1-2H3;3-8H,1-2H3;3-5H,1-2H3;3*3-5H,1-2H3;4*1H4. The summed E-state index contributed by atoms with van der Waals surface area (Å²) in [5.74, 6) is 4.51. The smallest absolute Gasteiger partial charge is 0.148 e. The first-order chi connectivity index (χ1) is 57.1. The average Bonchev–Trinajstić information content (AvgIpc) is 1.84. The molecule has 0 aliphatic carbocycles. The number of thiazole rings is 1. The van der Waals surface area contributed by atoms with Crippen molar-refractivity contribution in [3.63, 3.8) is 0 Å². The molecule has 6 nitrogen and oxygen atoms in total. The molecule has 0 aliphatic rings. The molecule has 4 aromatic heterocycles. The molecule has 0 bridgehead atoms. The van der Waals surface area contributed by atoms with Crippen molar-refractivity contribution in [1.29, 1.82) is 0 Å². The monoisotopic (exact) mass is 2020 g/mol. The van der Waals surface area contributed by atoms with Crippen molar-refractivity contribution in [2.45, 2.75) is 288 Å². The van der Waals surface area contributed by atoms with Crippen LogP contribution in [0.3, 0.4) is 0 Å². The highest BCUT2D eigenvalue weighted by Crippen LogP contribution is 2.34. The third kappa shape index (κ3) is 49.7. The predicted octanol–water partition coefficient (Wildman–Crippen LogP) is 42.2. The fourth-order valence-corrected chi connectivity index (χ4v) is 13.7. The predicted molar refractivity (Wildman–Crippen MR) is 564 cm³/mol. The van der Waals surface area contributed by atoms with Crippen molar-refractivity contribution < 1.29 is 17.8 Å². The van der Waals surface area contributed by atoms with E-state index in [-0.39, 0.29) is 35.6 Å². The van der Waals surface area contributed by atoms with Gasteiger partial charge in [-0.1, -0.05) is 413 Å². The van der Waals surface area contributed by atoms with E-state index in [9.17, 15) is 8.78 Å². The van der Waals surface area contributed by atoms with E-state index < -0.39 is 16.7 Å². The van der Waals surface area contributed by atoms with Crippen molar-refractivity contribution in [3.8, 4) is 0 Å². The van der Waals surface area contributed by atoms with Crippen LogP contribution < -0.4 is 0 Å². The van der Waals surface area contributed by atoms with Gasteiger partial charge in [0, 0.05) is 58.5 Å². The fraction of sp³-hybridized carbons (Fsp3) is 0.410. The van der Waals surface area contributed by atoms with Crippen LogP contribution in [0.2, 0.25) is 55.4 Å². The fourth-order valence-electron chi connectivity index (χ4n) is 10.6. The lowest BCUT2D eigenvalue weighted by atomic mass is 9.98. The first kappa shape index (κ1) is 127. The average molecular weight is 2030 g/mol. The van der Waals surface area contributed by atoms with Gasteiger partial charge in [-0.05, 0) is 253 Å². The van der Waals surface area contributed by atoms with Gasteiger partial charge < -0.3 is 9.05 Å². The summed E-state index contributed by atoms with van der Waals surface area (Å²) in [5.41, 5.74) is 18.4. The maximum absolute atomic E-state index is 13.1. The normalized spacial score (nSPS) is 10.2. The van der Waals surface area contributed by atoms with E-state index in [0.717, 1.165) is 62.6 Å². The Morgan fingerprint density at radius 3 is 1.14 bits per heavy atom. The number of aryl methyl sites for hydroxylation is 2. The Labute approximate surface area is 827 Å². The minimum atomic E-state index is -0.710. The van der Waals surface area contributed by atoms with Crippen LogP contribution in [0.25, 0.3) is 0 Å². The van der Waals surface area contributed by atoms with Crippen LogP contribution in [0.5, 0.6) is 0 Å². The van der Waals surface area contributed by atoms with Gasteiger partial charge in [0.1, 0.15) is 34.3 Å². The SMILES string of the molecule is C.C.C.C.CC(C)c1cc(Cl)ccc1Cl.CC(C)c1ccc(Br)c(Cl)c1.CC(C)c1ccc(F)c(Cl)c1F.CC(C)c1cccc(Cl)c1Cl.CC(C)c1ccccc1.CC(C)c1ccon1.CC(C)c1cnc(Cl)c(Cl)c1.CC(C)c1cncs1.CC(C)c1cnoc1.Cc1c(Cl)cccc1C(C)C.Cc1ccc(Cl)cc1C(C)C.Cc1ccc(Cl)cc1C(C)C. The molecular weight excluding hydrogens is 1890 g/mol. The van der Waals surface area contributed by atoms with E-state index >= 15 is 0 Å². The summed E-state index contributed by atoms with van der Waals surface area (Å²) >= 11 is 69.0. The molecule has 0 spiro atoms. The zero-order chi connectivity index (χ0) is 93.0. The molecule has 21 heteroatoms. The Bertz CT molecular complexity index is 4520. The van der Waals surface area contributed by atoms with Crippen LogP contribution in [0.4, 0.5) is 8.78 Å². The van der Waals surface area contributed by atoms with Gasteiger partial charge in [-0.25, -0.2) is 13.8 Å². The number of halogens is 14. The molecule has 0 amide bonds. The van der Waals surface area contributed by atoms with Crippen molar-refractivity contribution in [2.24, 2.45) is 0 Å². The Morgan fingerprint density at radius 1 is 0.341 bits per heavy atom. The number of nitrogens with zero attached hydrogens (tertiary/aromatic N) is 4. The van der Waals surface area contributed by atoms with Crippen LogP contribution in [0.1, 0.15) is 350 Å². The largest absolute Gasteiger partial charge is 0.365 e. The zero-order valence-electron chi connectivity index (χ0n) is 75.8. The third-order valence-corrected chi connectivity index (χ3v) is 23.9. The summed E-state index contributed by atoms with van der Waals surface area (Å²) in [6.45, 7) is 57.0. The maximum Gasteiger partial charge on any atom is 0.148 e. The molecule has 12 aromatic rings. The lowest BCUT2D eigenvalue weighted by Crippen LogP contribution is -1.95. The van der Waals surface area contributed by atoms with Crippen molar-refractivity contribution in [3.05, 3.63) is 355 Å². The van der Waals surface area contributed by atoms with Crippen molar-refractivity contribution in [1.82, 2.24) is 20.3 Å². The number of pyridine rings is 1. The first-order valence-corrected chi connectivity index (χ1v) is 46.7. The maximum atomic E-state index is 13.1. The highest BCUT2D eigenvalue weighted by molar-refractivity contribution is 9.10. The van der Waals surface area contributed by atoms with Crippen LogP contribution >= 0.6 is 155 Å². The quantitative estimate of drug-likeness (QED) is 0.0896. The van der Waals surface area contributed by atoms with Gasteiger partial charge in [-0.15, -0.1) is 11.3 Å². The molecule has 0 atom stereocenters. The van der Waals surface area contributed by atoms with E-state index in [0.29, 0.717) is 90.9 Å². The summed E-state index contributed by atoms with van der Waals surface area (Å²) in [4.78, 5) is 9.26. The van der Waals surface area contributed by atoms with Gasteiger partial charge >= 0.3 is 0 Å². The minimum absolute atomic E-state index is 0. The Kier molecular flexibility index (Phi) is 68.1. The molecule has 0 unspecified atom stereocenters. The topological polar surface area (TPSA) is 77.8 Å². The molecule has 0 radical (unpaired) electrons. The Balaban J connectivity index is -0.000000644. The zero-order valence-corrected chi connectivity index (χ0v) is 86.5. The van der Waals surface area contributed by atoms with Crippen molar-refractivity contribution in [2.75, 3.05) is 0 Å². The molecular formula is C105H142BrCl11F2N4O2S. The summed E-state index contributed by atoms with van der Waals surface area (Å²) in [5, 5.41) is 14.0. The first-order valence-electron chi connectivity index (χ1n) is 40.8. The molecule has 12 rings (SSSR count). The van der Waals surface area contributed by atoms with Crippen LogP contribution in [-0.4, -0.2) is 20.3 Å². The number of aromatic nitrogens is 4. The second-order valence-electron chi connectivity index (χ2n) is 32.3. The molecule has 126 heavy (non-hydrogen) atoms. The number of rotatable bonds is 12. The molecule has 0 N–H and O–H groups in total. The minimum Gasteiger partial charge on any atom is -0.365 e. The van der Waals surface area contributed by atoms with E-state index in [1.807, 2.05) is 117 Å². The molecule has 0 saturated heterocycles. The molecule has 698 valence electrons. The molecule has 0 fully saturated rings. The van der Waals surface area contributed by atoms with Gasteiger partial charge in [0.25, 0.3) is 0 Å². The second-order valence-corrected chi connectivity index (χ2v) is 38.5. The number of hydrogen-bond donors (Lipinski definition) is 0. The van der Waals surface area contributed by atoms with Crippen molar-refractivity contribution >= 4 is 155 Å². The Morgan fingerprint density at radius 2 is 0.802 bits per heavy atom. The van der Waals surface area contributed by atoms with E-state index in [1.54, 1.807) is 48.4 Å². The summed E-state index contributed by atoms with van der Waals surface area (Å²) in [7, 11) is 0. The van der Waals surface area contributed by atoms with Crippen LogP contribution in [-0.2, 0) is 0 Å². The van der Waals surface area contributed by atoms with E-state index in [4.69, 9.17) is 128 Å². The van der Waals surface area contributed by atoms with Gasteiger partial charge in [0.15, 0.2) is 0 Å². The van der Waals surface area contributed by atoms with E-state index in [2.05, 4.69) is 267 Å². The molecule has 4 heterocycles. The van der Waals surface area contributed by atoms with Crippen LogP contribution in [0, 0.1) is 32.4 Å². The second kappa shape index (κ2) is 67.6. The van der Waals surface area contributed by atoms with Gasteiger partial charge in [-0.3, -0.25) is 4.98 Å². The molecule has 0 aliphatic heterocycles.